The van der Waals surface area contributed by atoms with E-state index in [4.69, 9.17) is 0 Å². The number of hydrogen-bond acceptors (Lipinski definition) is 2. The van der Waals surface area contributed by atoms with Crippen molar-refractivity contribution in [3.8, 4) is 0 Å². The van der Waals surface area contributed by atoms with Crippen LogP contribution in [0.1, 0.15) is 206 Å². The van der Waals surface area contributed by atoms with Crippen LogP contribution in [-0.4, -0.2) is 6.54 Å². The van der Waals surface area contributed by atoms with E-state index in [0.717, 1.165) is 0 Å². The molecule has 0 aliphatic rings. The Labute approximate surface area is 228 Å². The molecule has 0 aromatic heterocycles. The summed E-state index contributed by atoms with van der Waals surface area (Å²) in [5.74, 6) is 0.553. The third-order valence-electron chi connectivity index (χ3n) is 8.26. The van der Waals surface area contributed by atoms with E-state index in [0.29, 0.717) is 12.5 Å². The van der Waals surface area contributed by atoms with Gasteiger partial charge >= 0.3 is 0 Å². The molecule has 0 saturated heterocycles. The lowest BCUT2D eigenvalue weighted by Gasteiger charge is -2.13. The maximum absolute atomic E-state index is 10.9. The minimum atomic E-state index is 0.552. The zero-order chi connectivity index (χ0) is 26.2. The molecular weight excluding hydrogens is 438 g/mol. The number of nitroso groups, excluding NO2 is 1. The van der Waals surface area contributed by atoms with Gasteiger partial charge in [-0.15, -0.1) is 0 Å². The third kappa shape index (κ3) is 29.8. The van der Waals surface area contributed by atoms with Crippen LogP contribution >= 0.6 is 0 Å². The second-order valence-electron chi connectivity index (χ2n) is 11.9. The van der Waals surface area contributed by atoms with Crippen molar-refractivity contribution in [2.75, 3.05) is 6.54 Å². The van der Waals surface area contributed by atoms with Gasteiger partial charge in [-0.05, 0) is 18.8 Å². The van der Waals surface area contributed by atoms with E-state index >= 15 is 0 Å². The Hall–Kier alpha value is -0.400. The van der Waals surface area contributed by atoms with E-state index in [2.05, 4.69) is 19.0 Å². The average molecular weight is 508 g/mol. The fourth-order valence-electron chi connectivity index (χ4n) is 5.69. The highest BCUT2D eigenvalue weighted by Crippen LogP contribution is 2.20. The molecule has 0 aliphatic carbocycles. The molecule has 0 rings (SSSR count). The topological polar surface area (TPSA) is 29.4 Å². The van der Waals surface area contributed by atoms with Gasteiger partial charge < -0.3 is 0 Å². The molecule has 2 nitrogen and oxygen atoms in total. The molecule has 36 heavy (non-hydrogen) atoms. The van der Waals surface area contributed by atoms with Gasteiger partial charge in [0.25, 0.3) is 0 Å². The Bertz CT molecular complexity index is 365. The molecule has 0 radical (unpaired) electrons. The van der Waals surface area contributed by atoms with Crippen LogP contribution in [0.25, 0.3) is 0 Å². The smallest absolute Gasteiger partial charge is 0.0839 e. The average Bonchev–Trinajstić information content (AvgIpc) is 2.89. The number of nitrogens with zero attached hydrogens (tertiary/aromatic N) is 1. The van der Waals surface area contributed by atoms with Crippen molar-refractivity contribution in [3.63, 3.8) is 0 Å². The molecule has 0 aromatic carbocycles. The van der Waals surface area contributed by atoms with E-state index in [1.807, 2.05) is 0 Å². The Kier molecular flexibility index (Phi) is 32.3. The lowest BCUT2D eigenvalue weighted by molar-refractivity contribution is 0.409. The SMILES string of the molecule is CCCCCCCCCCCCCCCCC(CCCCCCCCCCCCCCCC)CN=O. The number of rotatable bonds is 32. The summed E-state index contributed by atoms with van der Waals surface area (Å²) < 4.78 is 0. The lowest BCUT2D eigenvalue weighted by Crippen LogP contribution is -2.04. The Morgan fingerprint density at radius 1 is 0.361 bits per heavy atom. The maximum Gasteiger partial charge on any atom is 0.0839 e. The zero-order valence-corrected chi connectivity index (χ0v) is 25.4. The van der Waals surface area contributed by atoms with Crippen molar-refractivity contribution in [1.29, 1.82) is 0 Å². The molecule has 0 fully saturated rings. The zero-order valence-electron chi connectivity index (χ0n) is 25.4. The summed E-state index contributed by atoms with van der Waals surface area (Å²) in [4.78, 5) is 10.9. The molecule has 0 atom stereocenters. The monoisotopic (exact) mass is 508 g/mol. The summed E-state index contributed by atoms with van der Waals surface area (Å²) >= 11 is 0. The maximum atomic E-state index is 10.9. The van der Waals surface area contributed by atoms with Crippen LogP contribution in [0.15, 0.2) is 5.18 Å². The first-order valence-electron chi connectivity index (χ1n) is 17.1. The molecule has 0 aromatic rings. The van der Waals surface area contributed by atoms with E-state index in [-0.39, 0.29) is 0 Å². The van der Waals surface area contributed by atoms with Crippen LogP contribution in [0.5, 0.6) is 0 Å². The Balaban J connectivity index is 3.37. The van der Waals surface area contributed by atoms with Crippen molar-refractivity contribution in [2.24, 2.45) is 11.1 Å². The number of unbranched alkanes of at least 4 members (excludes halogenated alkanes) is 26. The van der Waals surface area contributed by atoms with Crippen LogP contribution < -0.4 is 0 Å². The molecule has 0 aliphatic heterocycles. The summed E-state index contributed by atoms with van der Waals surface area (Å²) in [5, 5.41) is 3.26. The predicted octanol–water partition coefficient (Wildman–Crippen LogP) is 13.1. The Morgan fingerprint density at radius 3 is 0.806 bits per heavy atom. The second kappa shape index (κ2) is 32.6. The first kappa shape index (κ1) is 35.6. The van der Waals surface area contributed by atoms with Crippen LogP contribution in [0, 0.1) is 10.8 Å². The van der Waals surface area contributed by atoms with Crippen LogP contribution in [0.4, 0.5) is 0 Å². The van der Waals surface area contributed by atoms with E-state index in [1.54, 1.807) is 0 Å². The predicted molar refractivity (Wildman–Crippen MR) is 164 cm³/mol. The highest BCUT2D eigenvalue weighted by Gasteiger charge is 2.08. The molecule has 0 heterocycles. The fourth-order valence-corrected chi connectivity index (χ4v) is 5.69. The first-order valence-corrected chi connectivity index (χ1v) is 17.1. The van der Waals surface area contributed by atoms with Gasteiger partial charge in [-0.2, -0.15) is 4.91 Å². The van der Waals surface area contributed by atoms with Crippen LogP contribution in [-0.2, 0) is 0 Å². The van der Waals surface area contributed by atoms with E-state index < -0.39 is 0 Å². The van der Waals surface area contributed by atoms with Crippen molar-refractivity contribution >= 4 is 0 Å². The highest BCUT2D eigenvalue weighted by atomic mass is 16.3. The molecule has 0 bridgehead atoms. The van der Waals surface area contributed by atoms with Crippen molar-refractivity contribution < 1.29 is 0 Å². The van der Waals surface area contributed by atoms with Gasteiger partial charge in [-0.25, -0.2) is 0 Å². The normalized spacial score (nSPS) is 11.5. The lowest BCUT2D eigenvalue weighted by atomic mass is 9.94. The van der Waals surface area contributed by atoms with E-state index in [9.17, 15) is 4.91 Å². The quantitative estimate of drug-likeness (QED) is 0.0657. The fraction of sp³-hybridized carbons (Fsp3) is 1.00. The molecule has 216 valence electrons. The van der Waals surface area contributed by atoms with E-state index in [1.165, 1.54) is 193 Å². The molecular formula is C34H69NO. The molecule has 0 amide bonds. The summed E-state index contributed by atoms with van der Waals surface area (Å²) in [6.07, 6.45) is 42.0. The van der Waals surface area contributed by atoms with Gasteiger partial charge in [0, 0.05) is 0 Å². The standard InChI is InChI=1S/C34H69NO/c1-3-5-7-9-11-13-15-17-19-21-23-25-27-29-31-34(33-35-36)32-30-28-26-24-22-20-18-16-14-12-10-8-6-4-2/h34H,3-33H2,1-2H3. The number of hydrogen-bond donors (Lipinski definition) is 0. The highest BCUT2D eigenvalue weighted by molar-refractivity contribution is 4.63. The van der Waals surface area contributed by atoms with Gasteiger partial charge in [0.15, 0.2) is 0 Å². The molecule has 0 spiro atoms. The van der Waals surface area contributed by atoms with Crippen LogP contribution in [0.2, 0.25) is 0 Å². The van der Waals surface area contributed by atoms with Crippen molar-refractivity contribution in [2.45, 2.75) is 206 Å². The minimum absolute atomic E-state index is 0.552. The largest absolute Gasteiger partial charge is 0.151 e. The second-order valence-corrected chi connectivity index (χ2v) is 11.9. The summed E-state index contributed by atoms with van der Waals surface area (Å²) in [7, 11) is 0. The van der Waals surface area contributed by atoms with Gasteiger partial charge in [0.1, 0.15) is 0 Å². The minimum Gasteiger partial charge on any atom is -0.151 e. The summed E-state index contributed by atoms with van der Waals surface area (Å²) in [5.41, 5.74) is 0. The van der Waals surface area contributed by atoms with Gasteiger partial charge in [0.05, 0.1) is 6.54 Å². The van der Waals surface area contributed by atoms with Gasteiger partial charge in [-0.1, -0.05) is 199 Å². The third-order valence-corrected chi connectivity index (χ3v) is 8.26. The van der Waals surface area contributed by atoms with Crippen molar-refractivity contribution in [3.05, 3.63) is 4.91 Å². The summed E-state index contributed by atoms with van der Waals surface area (Å²) in [6.45, 7) is 5.14. The first-order chi connectivity index (χ1) is 17.8. The molecule has 0 unspecified atom stereocenters. The molecule has 0 saturated carbocycles. The van der Waals surface area contributed by atoms with Crippen LogP contribution in [0.3, 0.4) is 0 Å². The van der Waals surface area contributed by atoms with Gasteiger partial charge in [0.2, 0.25) is 0 Å². The summed E-state index contributed by atoms with van der Waals surface area (Å²) in [6, 6.07) is 0. The molecule has 0 N–H and O–H groups in total. The van der Waals surface area contributed by atoms with Crippen molar-refractivity contribution in [1.82, 2.24) is 0 Å². The van der Waals surface area contributed by atoms with Gasteiger partial charge in [-0.3, -0.25) is 0 Å². The molecule has 2 heteroatoms. The Morgan fingerprint density at radius 2 is 0.583 bits per heavy atom.